The van der Waals surface area contributed by atoms with Gasteiger partial charge in [0.25, 0.3) is 0 Å². The predicted molar refractivity (Wildman–Crippen MR) is 83.9 cm³/mol. The highest BCUT2D eigenvalue weighted by molar-refractivity contribution is 7.17. The Hall–Kier alpha value is -0.900. The Balaban J connectivity index is 2.46. The summed E-state index contributed by atoms with van der Waals surface area (Å²) in [5, 5.41) is 7.06. The molecule has 0 saturated carbocycles. The van der Waals surface area contributed by atoms with Crippen molar-refractivity contribution in [1.29, 1.82) is 0 Å². The molecule has 1 heterocycles. The number of fused-ring (bicyclic) bond motifs is 1. The lowest BCUT2D eigenvalue weighted by Crippen LogP contribution is -2.41. The maximum atomic E-state index is 5.97. The van der Waals surface area contributed by atoms with Gasteiger partial charge in [0, 0.05) is 11.3 Å². The molecule has 0 amide bonds. The van der Waals surface area contributed by atoms with Crippen LogP contribution < -0.4 is 5.32 Å². The van der Waals surface area contributed by atoms with Gasteiger partial charge in [-0.3, -0.25) is 0 Å². The fourth-order valence-corrected chi connectivity index (χ4v) is 3.58. The molecule has 0 fully saturated rings. The quantitative estimate of drug-likeness (QED) is 0.846. The molecule has 2 aromatic rings. The molecule has 2 nitrogen and oxygen atoms in total. The lowest BCUT2D eigenvalue weighted by Gasteiger charge is -2.35. The molecule has 1 aromatic carbocycles. The van der Waals surface area contributed by atoms with Crippen molar-refractivity contribution in [2.75, 3.05) is 13.2 Å². The fraction of sp³-hybridized carbons (Fsp3) is 0.500. The van der Waals surface area contributed by atoms with Crippen molar-refractivity contribution in [2.45, 2.75) is 39.3 Å². The van der Waals surface area contributed by atoms with Crippen molar-refractivity contribution in [3.63, 3.8) is 0 Å². The smallest absolute Gasteiger partial charge is 0.0820 e. The minimum absolute atomic E-state index is 0.208. The van der Waals surface area contributed by atoms with Crippen LogP contribution in [0.15, 0.2) is 29.6 Å². The van der Waals surface area contributed by atoms with E-state index in [1.807, 2.05) is 0 Å². The lowest BCUT2D eigenvalue weighted by atomic mass is 9.91. The Bertz CT molecular complexity index is 532. The number of rotatable bonds is 6. The average Bonchev–Trinajstić information content (AvgIpc) is 2.84. The molecule has 2 rings (SSSR count). The Morgan fingerprint density at radius 3 is 2.74 bits per heavy atom. The Labute approximate surface area is 119 Å². The second kappa shape index (κ2) is 6.04. The van der Waals surface area contributed by atoms with E-state index in [0.29, 0.717) is 0 Å². The van der Waals surface area contributed by atoms with Gasteiger partial charge in [0.2, 0.25) is 0 Å². The van der Waals surface area contributed by atoms with Gasteiger partial charge in [-0.05, 0) is 49.7 Å². The largest absolute Gasteiger partial charge is 0.374 e. The van der Waals surface area contributed by atoms with Crippen molar-refractivity contribution in [2.24, 2.45) is 0 Å². The van der Waals surface area contributed by atoms with Crippen molar-refractivity contribution < 1.29 is 4.74 Å². The van der Waals surface area contributed by atoms with E-state index in [1.165, 1.54) is 15.6 Å². The van der Waals surface area contributed by atoms with Crippen LogP contribution in [0.2, 0.25) is 0 Å². The van der Waals surface area contributed by atoms with Gasteiger partial charge >= 0.3 is 0 Å². The van der Waals surface area contributed by atoms with Crippen molar-refractivity contribution in [3.05, 3.63) is 35.2 Å². The maximum Gasteiger partial charge on any atom is 0.0820 e. The topological polar surface area (TPSA) is 21.3 Å². The summed E-state index contributed by atoms with van der Waals surface area (Å²) in [6, 6.07) is 8.91. The molecular weight excluding hydrogens is 254 g/mol. The third kappa shape index (κ3) is 2.99. The number of ether oxygens (including phenoxy) is 1. The monoisotopic (exact) mass is 277 g/mol. The van der Waals surface area contributed by atoms with Crippen LogP contribution in [-0.2, 0) is 4.74 Å². The van der Waals surface area contributed by atoms with Crippen LogP contribution in [0.4, 0.5) is 0 Å². The minimum atomic E-state index is -0.219. The fourth-order valence-electron chi connectivity index (χ4n) is 2.63. The molecule has 104 valence electrons. The number of nitrogens with one attached hydrogen (secondary N) is 1. The summed E-state index contributed by atoms with van der Waals surface area (Å²) in [6.45, 7) is 10.2. The van der Waals surface area contributed by atoms with E-state index in [4.69, 9.17) is 4.74 Å². The van der Waals surface area contributed by atoms with E-state index < -0.39 is 0 Å². The van der Waals surface area contributed by atoms with Crippen LogP contribution in [0, 0.1) is 0 Å². The minimum Gasteiger partial charge on any atom is -0.374 e. The molecule has 1 N–H and O–H groups in total. The second-order valence-electron chi connectivity index (χ2n) is 5.21. The molecule has 0 spiro atoms. The van der Waals surface area contributed by atoms with Crippen molar-refractivity contribution >= 4 is 21.4 Å². The number of thiophene rings is 1. The van der Waals surface area contributed by atoms with Gasteiger partial charge in [0.1, 0.15) is 0 Å². The SMILES string of the molecule is CCNC(c1cccc2ccsc12)C(C)(C)OCC. The Morgan fingerprint density at radius 2 is 2.05 bits per heavy atom. The van der Waals surface area contributed by atoms with Crippen LogP contribution in [0.3, 0.4) is 0 Å². The van der Waals surface area contributed by atoms with E-state index in [0.717, 1.165) is 13.2 Å². The van der Waals surface area contributed by atoms with E-state index in [1.54, 1.807) is 11.3 Å². The standard InChI is InChI=1S/C16H23NOS/c1-5-17-15(16(3,4)18-6-2)13-9-7-8-12-10-11-19-14(12)13/h7-11,15,17H,5-6H2,1-4H3. The first-order valence-corrected chi connectivity index (χ1v) is 7.81. The van der Waals surface area contributed by atoms with Gasteiger partial charge in [-0.25, -0.2) is 0 Å². The highest BCUT2D eigenvalue weighted by Gasteiger charge is 2.32. The van der Waals surface area contributed by atoms with Gasteiger partial charge in [-0.15, -0.1) is 11.3 Å². The van der Waals surface area contributed by atoms with E-state index >= 15 is 0 Å². The van der Waals surface area contributed by atoms with Crippen LogP contribution >= 0.6 is 11.3 Å². The molecule has 19 heavy (non-hydrogen) atoms. The molecule has 0 aliphatic heterocycles. The molecule has 1 unspecified atom stereocenters. The normalized spacial score (nSPS) is 13.9. The molecule has 0 aliphatic rings. The van der Waals surface area contributed by atoms with Crippen LogP contribution in [0.5, 0.6) is 0 Å². The first-order valence-electron chi connectivity index (χ1n) is 6.93. The number of hydrogen-bond donors (Lipinski definition) is 1. The summed E-state index contributed by atoms with van der Waals surface area (Å²) < 4.78 is 7.33. The van der Waals surface area contributed by atoms with Crippen molar-refractivity contribution in [3.8, 4) is 0 Å². The summed E-state index contributed by atoms with van der Waals surface area (Å²) in [5.41, 5.74) is 1.12. The zero-order valence-corrected chi connectivity index (χ0v) is 13.0. The van der Waals surface area contributed by atoms with Gasteiger partial charge in [0.15, 0.2) is 0 Å². The Morgan fingerprint density at radius 1 is 1.26 bits per heavy atom. The molecule has 0 bridgehead atoms. The number of likely N-dealkylation sites (N-methyl/N-ethyl adjacent to an activating group) is 1. The van der Waals surface area contributed by atoms with Crippen LogP contribution in [-0.4, -0.2) is 18.8 Å². The third-order valence-corrected chi connectivity index (χ3v) is 4.42. The molecule has 0 aliphatic carbocycles. The molecule has 0 saturated heterocycles. The summed E-state index contributed by atoms with van der Waals surface area (Å²) in [4.78, 5) is 0. The summed E-state index contributed by atoms with van der Waals surface area (Å²) in [6.07, 6.45) is 0. The van der Waals surface area contributed by atoms with Crippen LogP contribution in [0.1, 0.15) is 39.3 Å². The summed E-state index contributed by atoms with van der Waals surface area (Å²) >= 11 is 1.81. The second-order valence-corrected chi connectivity index (χ2v) is 6.13. The van der Waals surface area contributed by atoms with Gasteiger partial charge < -0.3 is 10.1 Å². The molecule has 1 atom stereocenters. The molecular formula is C16H23NOS. The lowest BCUT2D eigenvalue weighted by molar-refractivity contribution is -0.0384. The predicted octanol–water partition coefficient (Wildman–Crippen LogP) is 4.37. The first-order chi connectivity index (χ1) is 9.10. The number of benzene rings is 1. The van der Waals surface area contributed by atoms with Gasteiger partial charge in [0.05, 0.1) is 11.6 Å². The van der Waals surface area contributed by atoms with E-state index in [2.05, 4.69) is 62.7 Å². The Kier molecular flexibility index (Phi) is 4.61. The van der Waals surface area contributed by atoms with E-state index in [9.17, 15) is 0 Å². The summed E-state index contributed by atoms with van der Waals surface area (Å²) in [5.74, 6) is 0. The number of hydrogen-bond acceptors (Lipinski definition) is 3. The summed E-state index contributed by atoms with van der Waals surface area (Å²) in [7, 11) is 0. The molecule has 3 heteroatoms. The molecule has 1 aromatic heterocycles. The zero-order valence-electron chi connectivity index (χ0n) is 12.2. The average molecular weight is 277 g/mol. The van der Waals surface area contributed by atoms with Crippen LogP contribution in [0.25, 0.3) is 10.1 Å². The van der Waals surface area contributed by atoms with Crippen molar-refractivity contribution in [1.82, 2.24) is 5.32 Å². The van der Waals surface area contributed by atoms with Gasteiger partial charge in [-0.1, -0.05) is 25.1 Å². The highest BCUT2D eigenvalue weighted by atomic mass is 32.1. The zero-order chi connectivity index (χ0) is 13.9. The van der Waals surface area contributed by atoms with Gasteiger partial charge in [-0.2, -0.15) is 0 Å². The van der Waals surface area contributed by atoms with E-state index in [-0.39, 0.29) is 11.6 Å². The highest BCUT2D eigenvalue weighted by Crippen LogP contribution is 2.35. The first kappa shape index (κ1) is 14.5. The maximum absolute atomic E-state index is 5.97. The molecule has 0 radical (unpaired) electrons. The third-order valence-electron chi connectivity index (χ3n) is 3.44.